The maximum absolute atomic E-state index is 3.36. The van der Waals surface area contributed by atoms with Gasteiger partial charge in [0.05, 0.1) is 0 Å². The molecule has 0 aromatic carbocycles. The number of hydrogen-bond acceptors (Lipinski definition) is 0. The number of hydrogen-bond donors (Lipinski definition) is 0. The van der Waals surface area contributed by atoms with Crippen LogP contribution in [-0.4, -0.2) is 0 Å². The van der Waals surface area contributed by atoms with Gasteiger partial charge < -0.3 is 0 Å². The quantitative estimate of drug-likeness (QED) is 0.653. The molecule has 0 heterocycles. The molecule has 0 aromatic rings. The van der Waals surface area contributed by atoms with Gasteiger partial charge in [0.15, 0.2) is 0 Å². The summed E-state index contributed by atoms with van der Waals surface area (Å²) in [5, 5.41) is 0. The van der Waals surface area contributed by atoms with E-state index in [0.717, 1.165) is 6.42 Å². The Morgan fingerprint density at radius 1 is 1.00 bits per heavy atom. The molecule has 10 heavy (non-hydrogen) atoms. The zero-order chi connectivity index (χ0) is 6.95. The number of allylic oxidation sites excluding steroid dienone is 6. The van der Waals surface area contributed by atoms with Crippen molar-refractivity contribution < 1.29 is 20.1 Å². The first-order valence-corrected chi connectivity index (χ1v) is 2.97. The molecule has 0 fully saturated rings. The van der Waals surface area contributed by atoms with Crippen LogP contribution in [0.15, 0.2) is 49.6 Å². The molecule has 1 aliphatic rings. The van der Waals surface area contributed by atoms with Crippen molar-refractivity contribution in [3.63, 3.8) is 0 Å². The van der Waals surface area contributed by atoms with Crippen LogP contribution in [-0.2, 0) is 20.1 Å². The Balaban J connectivity index is 0. The maximum Gasteiger partial charge on any atom is 0 e. The molecule has 1 rings (SSSR count). The zero-order valence-electron chi connectivity index (χ0n) is 5.92. The van der Waals surface area contributed by atoms with Crippen LogP contribution in [0.4, 0.5) is 0 Å². The second-order valence-electron chi connectivity index (χ2n) is 1.56. The summed E-state index contributed by atoms with van der Waals surface area (Å²) >= 11 is 0. The van der Waals surface area contributed by atoms with Crippen LogP contribution in [0.5, 0.6) is 0 Å². The van der Waals surface area contributed by atoms with Crippen molar-refractivity contribution in [2.24, 2.45) is 0 Å². The van der Waals surface area contributed by atoms with E-state index in [9.17, 15) is 0 Å². The van der Waals surface area contributed by atoms with E-state index in [2.05, 4.69) is 37.5 Å². The van der Waals surface area contributed by atoms with E-state index >= 15 is 0 Å². The molecule has 0 spiro atoms. The van der Waals surface area contributed by atoms with Crippen LogP contribution in [0.3, 0.4) is 0 Å². The van der Waals surface area contributed by atoms with Crippen LogP contribution in [0.2, 0.25) is 0 Å². The summed E-state index contributed by atoms with van der Waals surface area (Å²) in [6, 6.07) is 0. The fourth-order valence-corrected chi connectivity index (χ4v) is 0.393. The van der Waals surface area contributed by atoms with E-state index in [1.807, 2.05) is 0 Å². The molecule has 0 saturated carbocycles. The third kappa shape index (κ3) is 10.6. The smallest absolute Gasteiger partial charge is 0 e. The molecule has 0 nitrogen and oxygen atoms in total. The molecule has 1 heteroatoms. The van der Waals surface area contributed by atoms with Gasteiger partial charge in [0.2, 0.25) is 0 Å². The van der Waals surface area contributed by atoms with Crippen molar-refractivity contribution in [1.29, 1.82) is 0 Å². The molecular weight excluding hydrogens is 300 g/mol. The molecule has 0 amide bonds. The third-order valence-corrected chi connectivity index (χ3v) is 0.822. The Morgan fingerprint density at radius 3 is 1.50 bits per heavy atom. The molecule has 0 aliphatic heterocycles. The fourth-order valence-electron chi connectivity index (χ4n) is 0.393. The van der Waals surface area contributed by atoms with Crippen LogP contribution in [0, 0.1) is 0 Å². The first-order valence-electron chi connectivity index (χ1n) is 2.97. The maximum atomic E-state index is 3.36. The van der Waals surface area contributed by atoms with E-state index in [0.29, 0.717) is 0 Å². The normalized spacial score (nSPS) is 10.8. The summed E-state index contributed by atoms with van der Waals surface area (Å²) in [6.07, 6.45) is 12.8. The molecule has 0 saturated heterocycles. The van der Waals surface area contributed by atoms with Gasteiger partial charge >= 0.3 is 0 Å². The van der Waals surface area contributed by atoms with Crippen molar-refractivity contribution in [1.82, 2.24) is 0 Å². The Kier molecular flexibility index (Phi) is 14.0. The van der Waals surface area contributed by atoms with Gasteiger partial charge in [-0.3, -0.25) is 0 Å². The molecule has 0 unspecified atom stereocenters. The summed E-state index contributed by atoms with van der Waals surface area (Å²) < 4.78 is 0. The monoisotopic (exact) mass is 313 g/mol. The minimum atomic E-state index is 0. The first kappa shape index (κ1) is 12.3. The first-order chi connectivity index (χ1) is 4.41. The van der Waals surface area contributed by atoms with Crippen LogP contribution in [0.1, 0.15) is 6.42 Å². The molecule has 0 N–H and O–H groups in total. The molecule has 1 aliphatic carbocycles. The summed E-state index contributed by atoms with van der Waals surface area (Å²) in [4.78, 5) is 0. The molecule has 0 bridgehead atoms. The Hall–Kier alpha value is -0.391. The predicted octanol–water partition coefficient (Wildman–Crippen LogP) is 2.86. The third-order valence-electron chi connectivity index (χ3n) is 0.822. The van der Waals surface area contributed by atoms with Crippen LogP contribution >= 0.6 is 0 Å². The fraction of sp³-hybridized carbons (Fsp3) is 0.111. The average molecular weight is 312 g/mol. The predicted molar refractivity (Wildman–Crippen MR) is 43.3 cm³/mol. The Labute approximate surface area is 76.4 Å². The van der Waals surface area contributed by atoms with E-state index in [-0.39, 0.29) is 20.1 Å². The minimum Gasteiger partial charge on any atom is -0.0991 e. The molecule has 57 valence electrons. The zero-order valence-corrected chi connectivity index (χ0v) is 8.31. The van der Waals surface area contributed by atoms with Gasteiger partial charge in [-0.05, 0) is 6.42 Å². The van der Waals surface area contributed by atoms with Gasteiger partial charge in [-0.1, -0.05) is 49.6 Å². The second-order valence-corrected chi connectivity index (χ2v) is 1.56. The summed E-state index contributed by atoms with van der Waals surface area (Å²) in [7, 11) is 0. The minimum absolute atomic E-state index is 0. The van der Waals surface area contributed by atoms with E-state index < -0.39 is 0 Å². The van der Waals surface area contributed by atoms with Crippen LogP contribution < -0.4 is 0 Å². The topological polar surface area (TPSA) is 0 Å². The van der Waals surface area contributed by atoms with Gasteiger partial charge in [0.1, 0.15) is 0 Å². The van der Waals surface area contributed by atoms with Gasteiger partial charge in [-0.2, -0.15) is 0 Å². The van der Waals surface area contributed by atoms with Crippen molar-refractivity contribution in [2.45, 2.75) is 6.42 Å². The van der Waals surface area contributed by atoms with Gasteiger partial charge in [0, 0.05) is 20.1 Å². The largest absolute Gasteiger partial charge is 0.0991 e. The van der Waals surface area contributed by atoms with E-state index in [4.69, 9.17) is 0 Å². The molecule has 0 atom stereocenters. The number of rotatable bonds is 1. The van der Waals surface area contributed by atoms with Crippen molar-refractivity contribution >= 4 is 0 Å². The van der Waals surface area contributed by atoms with E-state index in [1.54, 1.807) is 12.2 Å². The Morgan fingerprint density at radius 2 is 1.40 bits per heavy atom. The van der Waals surface area contributed by atoms with Crippen molar-refractivity contribution in [2.75, 3.05) is 0 Å². The van der Waals surface area contributed by atoms with E-state index in [1.165, 1.54) is 0 Å². The van der Waals surface area contributed by atoms with Crippen molar-refractivity contribution in [3.05, 3.63) is 49.6 Å². The van der Waals surface area contributed by atoms with Gasteiger partial charge in [-0.25, -0.2) is 0 Å². The molecular formula is C9H12Ir. The Bertz CT molecular complexity index is 116. The SMILES string of the molecule is C1=CCC=C1.C=CC=C.[Ir]. The molecule has 0 aromatic heterocycles. The van der Waals surface area contributed by atoms with Gasteiger partial charge in [0.25, 0.3) is 0 Å². The summed E-state index contributed by atoms with van der Waals surface area (Å²) in [5.74, 6) is 0. The second kappa shape index (κ2) is 11.4. The van der Waals surface area contributed by atoms with Gasteiger partial charge in [-0.15, -0.1) is 0 Å². The van der Waals surface area contributed by atoms with Crippen molar-refractivity contribution in [3.8, 4) is 0 Å². The van der Waals surface area contributed by atoms with Crippen LogP contribution in [0.25, 0.3) is 0 Å². The molecule has 1 radical (unpaired) electrons. The summed E-state index contributed by atoms with van der Waals surface area (Å²) in [6.45, 7) is 6.72. The summed E-state index contributed by atoms with van der Waals surface area (Å²) in [5.41, 5.74) is 0. The standard InChI is InChI=1S/C5H6.C4H6.Ir/c1-2-4-5-3-1;1-3-4-2;/h1-4H,5H2;3-4H,1-2H2;. The average Bonchev–Trinajstić information content (AvgIpc) is 2.43.